The maximum absolute atomic E-state index is 6.00. The summed E-state index contributed by atoms with van der Waals surface area (Å²) < 4.78 is 9.50. The van der Waals surface area contributed by atoms with Crippen molar-refractivity contribution in [3.63, 3.8) is 0 Å². The van der Waals surface area contributed by atoms with Crippen LogP contribution in [-0.2, 0) is 24.1 Å². The highest BCUT2D eigenvalue weighted by Crippen LogP contribution is 2.23. The summed E-state index contributed by atoms with van der Waals surface area (Å²) in [6, 6.07) is 17.6. The van der Waals surface area contributed by atoms with E-state index >= 15 is 0 Å². The summed E-state index contributed by atoms with van der Waals surface area (Å²) in [5.41, 5.74) is 5.88. The highest BCUT2D eigenvalue weighted by atomic mass is 16.5. The predicted octanol–water partition coefficient (Wildman–Crippen LogP) is 2.89. The molecule has 2 aromatic carbocycles. The van der Waals surface area contributed by atoms with Gasteiger partial charge < -0.3 is 9.22 Å². The maximum Gasteiger partial charge on any atom is 0.171 e. The summed E-state index contributed by atoms with van der Waals surface area (Å²) in [6.45, 7) is 7.21. The van der Waals surface area contributed by atoms with Crippen molar-refractivity contribution >= 4 is 6.21 Å². The van der Waals surface area contributed by atoms with E-state index in [1.165, 1.54) is 35.2 Å². The SMILES string of the molecule is C[N+]1(CCOCC[N+]2=Cc3ccccc3CC2)CCc2ccccc2C1. The first-order valence-corrected chi connectivity index (χ1v) is 9.87. The van der Waals surface area contributed by atoms with Gasteiger partial charge in [-0.15, -0.1) is 0 Å². The molecule has 0 radical (unpaired) electrons. The Kier molecular flexibility index (Phi) is 5.18. The third kappa shape index (κ3) is 4.05. The van der Waals surface area contributed by atoms with Crippen LogP contribution in [0.3, 0.4) is 0 Å². The van der Waals surface area contributed by atoms with Crippen LogP contribution in [0.1, 0.15) is 22.3 Å². The molecule has 0 aromatic heterocycles. The number of benzene rings is 2. The van der Waals surface area contributed by atoms with E-state index in [-0.39, 0.29) is 0 Å². The standard InChI is InChI=1S/C23H30N2O/c1-25(14-11-21-7-3-5-9-23(21)19-25)15-17-26-16-13-24-12-10-20-6-2-4-8-22(20)18-24/h2-9,18H,10-17,19H2,1H3/q+2. The number of hydrogen-bond acceptors (Lipinski definition) is 1. The van der Waals surface area contributed by atoms with Crippen molar-refractivity contribution < 1.29 is 13.8 Å². The lowest BCUT2D eigenvalue weighted by Crippen LogP contribution is -2.49. The summed E-state index contributed by atoms with van der Waals surface area (Å²) >= 11 is 0. The molecule has 26 heavy (non-hydrogen) atoms. The van der Waals surface area contributed by atoms with Crippen LogP contribution in [0, 0.1) is 0 Å². The van der Waals surface area contributed by atoms with Crippen LogP contribution >= 0.6 is 0 Å². The summed E-state index contributed by atoms with van der Waals surface area (Å²) in [4.78, 5) is 0. The van der Waals surface area contributed by atoms with Gasteiger partial charge in [0.15, 0.2) is 12.8 Å². The van der Waals surface area contributed by atoms with E-state index in [1.54, 1.807) is 0 Å². The maximum atomic E-state index is 6.00. The summed E-state index contributed by atoms with van der Waals surface area (Å²) in [5.74, 6) is 0. The van der Waals surface area contributed by atoms with E-state index in [4.69, 9.17) is 4.74 Å². The Morgan fingerprint density at radius 3 is 2.58 bits per heavy atom. The van der Waals surface area contributed by atoms with Gasteiger partial charge in [-0.3, -0.25) is 0 Å². The molecule has 2 aliphatic heterocycles. The first-order valence-electron chi connectivity index (χ1n) is 9.87. The fraction of sp³-hybridized carbons (Fsp3) is 0.435. The number of hydrogen-bond donors (Lipinski definition) is 0. The number of ether oxygens (including phenoxy) is 1. The smallest absolute Gasteiger partial charge is 0.171 e. The zero-order valence-electron chi connectivity index (χ0n) is 15.9. The van der Waals surface area contributed by atoms with Gasteiger partial charge in [0.1, 0.15) is 26.2 Å². The molecule has 0 saturated carbocycles. The lowest BCUT2D eigenvalue weighted by molar-refractivity contribution is -0.924. The number of likely N-dealkylation sites (N-methyl/N-ethyl adjacent to an activating group) is 1. The topological polar surface area (TPSA) is 12.2 Å². The Labute approximate surface area is 157 Å². The third-order valence-corrected chi connectivity index (χ3v) is 5.93. The molecule has 0 aliphatic carbocycles. The third-order valence-electron chi connectivity index (χ3n) is 5.93. The summed E-state index contributed by atoms with van der Waals surface area (Å²) in [6.07, 6.45) is 4.62. The Bertz CT molecular complexity index is 798. The van der Waals surface area contributed by atoms with Crippen LogP contribution in [0.4, 0.5) is 0 Å². The van der Waals surface area contributed by atoms with E-state index < -0.39 is 0 Å². The molecule has 0 bridgehead atoms. The van der Waals surface area contributed by atoms with Gasteiger partial charge in [-0.05, 0) is 17.2 Å². The molecular formula is C23H30N2O+2. The van der Waals surface area contributed by atoms with E-state index in [0.717, 1.165) is 50.3 Å². The molecule has 1 unspecified atom stereocenters. The zero-order valence-corrected chi connectivity index (χ0v) is 15.9. The van der Waals surface area contributed by atoms with E-state index in [0.29, 0.717) is 0 Å². The van der Waals surface area contributed by atoms with E-state index in [9.17, 15) is 0 Å². The molecule has 0 amide bonds. The minimum absolute atomic E-state index is 0.815. The quantitative estimate of drug-likeness (QED) is 0.443. The van der Waals surface area contributed by atoms with Gasteiger partial charge in [0.05, 0.1) is 20.2 Å². The van der Waals surface area contributed by atoms with Crippen molar-refractivity contribution in [3.05, 3.63) is 70.8 Å². The first kappa shape index (κ1) is 17.4. The van der Waals surface area contributed by atoms with Gasteiger partial charge in [0, 0.05) is 24.0 Å². The lowest BCUT2D eigenvalue weighted by atomic mass is 9.98. The van der Waals surface area contributed by atoms with Crippen LogP contribution in [0.15, 0.2) is 48.5 Å². The Balaban J connectivity index is 1.22. The molecule has 3 heteroatoms. The van der Waals surface area contributed by atoms with E-state index in [1.807, 2.05) is 0 Å². The number of nitrogens with zero attached hydrogens (tertiary/aromatic N) is 2. The van der Waals surface area contributed by atoms with Gasteiger partial charge in [-0.1, -0.05) is 42.5 Å². The molecular weight excluding hydrogens is 320 g/mol. The number of rotatable bonds is 6. The highest BCUT2D eigenvalue weighted by Gasteiger charge is 2.27. The summed E-state index contributed by atoms with van der Waals surface area (Å²) in [7, 11) is 2.37. The van der Waals surface area contributed by atoms with Crippen molar-refractivity contribution in [1.82, 2.24) is 0 Å². The highest BCUT2D eigenvalue weighted by molar-refractivity contribution is 5.78. The largest absolute Gasteiger partial charge is 0.369 e. The fourth-order valence-corrected chi connectivity index (χ4v) is 4.19. The second-order valence-electron chi connectivity index (χ2n) is 7.97. The van der Waals surface area contributed by atoms with Crippen LogP contribution in [0.5, 0.6) is 0 Å². The molecule has 2 heterocycles. The van der Waals surface area contributed by atoms with Gasteiger partial charge in [0.25, 0.3) is 0 Å². The molecule has 2 aromatic rings. The van der Waals surface area contributed by atoms with Crippen LogP contribution in [0.2, 0.25) is 0 Å². The predicted molar refractivity (Wildman–Crippen MR) is 106 cm³/mol. The van der Waals surface area contributed by atoms with Crippen LogP contribution in [0.25, 0.3) is 0 Å². The summed E-state index contributed by atoms with van der Waals surface area (Å²) in [5, 5.41) is 0. The van der Waals surface area contributed by atoms with Crippen LogP contribution < -0.4 is 0 Å². The number of fused-ring (bicyclic) bond motifs is 2. The van der Waals surface area contributed by atoms with Crippen molar-refractivity contribution in [2.75, 3.05) is 46.4 Å². The normalized spacial score (nSPS) is 21.7. The van der Waals surface area contributed by atoms with Crippen LogP contribution in [-0.4, -0.2) is 61.7 Å². The van der Waals surface area contributed by atoms with Crippen molar-refractivity contribution in [1.29, 1.82) is 0 Å². The molecule has 0 saturated heterocycles. The Morgan fingerprint density at radius 1 is 0.923 bits per heavy atom. The second kappa shape index (κ2) is 7.73. The lowest BCUT2D eigenvalue weighted by Gasteiger charge is -2.38. The van der Waals surface area contributed by atoms with Crippen molar-refractivity contribution in [3.8, 4) is 0 Å². The van der Waals surface area contributed by atoms with Gasteiger partial charge in [-0.25, -0.2) is 4.58 Å². The monoisotopic (exact) mass is 350 g/mol. The molecule has 136 valence electrons. The minimum Gasteiger partial charge on any atom is -0.369 e. The molecule has 2 aliphatic rings. The molecule has 3 nitrogen and oxygen atoms in total. The molecule has 0 fully saturated rings. The average molecular weight is 351 g/mol. The molecule has 4 rings (SSSR count). The van der Waals surface area contributed by atoms with Crippen molar-refractivity contribution in [2.45, 2.75) is 19.4 Å². The van der Waals surface area contributed by atoms with Gasteiger partial charge in [0.2, 0.25) is 0 Å². The zero-order chi connectivity index (χ0) is 17.8. The van der Waals surface area contributed by atoms with E-state index in [2.05, 4.69) is 66.4 Å². The minimum atomic E-state index is 0.815. The number of quaternary nitrogens is 1. The molecule has 0 spiro atoms. The van der Waals surface area contributed by atoms with Gasteiger partial charge in [-0.2, -0.15) is 0 Å². The first-order chi connectivity index (χ1) is 12.7. The van der Waals surface area contributed by atoms with Gasteiger partial charge >= 0.3 is 0 Å². The second-order valence-corrected chi connectivity index (χ2v) is 7.97. The molecule has 1 atom stereocenters. The fourth-order valence-electron chi connectivity index (χ4n) is 4.19. The molecule has 0 N–H and O–H groups in total. The average Bonchev–Trinajstić information content (AvgIpc) is 2.67. The Hall–Kier alpha value is -1.97. The van der Waals surface area contributed by atoms with Crippen molar-refractivity contribution in [2.24, 2.45) is 0 Å². The Morgan fingerprint density at radius 2 is 1.69 bits per heavy atom.